The van der Waals surface area contributed by atoms with E-state index in [1.807, 2.05) is 6.08 Å². The molecule has 1 aliphatic rings. The monoisotopic (exact) mass is 450 g/mol. The van der Waals surface area contributed by atoms with Gasteiger partial charge in [0.2, 0.25) is 0 Å². The Kier molecular flexibility index (Phi) is 7.37. The van der Waals surface area contributed by atoms with Gasteiger partial charge in [0.05, 0.1) is 7.11 Å². The molecule has 0 aromatic heterocycles. The Morgan fingerprint density at radius 3 is 2.16 bits per heavy atom. The fourth-order valence-corrected chi connectivity index (χ4v) is 5.90. The van der Waals surface area contributed by atoms with Crippen LogP contribution in [-0.4, -0.2) is 32.3 Å². The Bertz CT molecular complexity index is 911. The number of ether oxygens (including phenoxy) is 1. The number of fused-ring (bicyclic) bond motifs is 1. The molecule has 0 amide bonds. The highest BCUT2D eigenvalue weighted by molar-refractivity contribution is 7.56. The van der Waals surface area contributed by atoms with E-state index >= 15 is 0 Å². The summed E-state index contributed by atoms with van der Waals surface area (Å²) in [6.45, 7) is 14.2. The molecule has 0 saturated carbocycles. The van der Waals surface area contributed by atoms with E-state index < -0.39 is 12.8 Å². The summed E-state index contributed by atoms with van der Waals surface area (Å²) in [5, 5.41) is -1.29. The molecule has 0 aliphatic heterocycles. The van der Waals surface area contributed by atoms with E-state index in [-0.39, 0.29) is 16.6 Å². The van der Waals surface area contributed by atoms with Gasteiger partial charge in [0.15, 0.2) is 5.78 Å². The van der Waals surface area contributed by atoms with E-state index in [1.54, 1.807) is 21.0 Å². The van der Waals surface area contributed by atoms with Crippen molar-refractivity contribution in [3.63, 3.8) is 0 Å². The highest BCUT2D eigenvalue weighted by Gasteiger charge is 2.47. The highest BCUT2D eigenvalue weighted by Crippen LogP contribution is 2.59. The lowest BCUT2D eigenvalue weighted by molar-refractivity contribution is -0.116. The lowest BCUT2D eigenvalue weighted by Gasteiger charge is -2.37. The van der Waals surface area contributed by atoms with Crippen molar-refractivity contribution >= 4 is 19.5 Å². The number of benzene rings is 1. The van der Waals surface area contributed by atoms with Crippen LogP contribution in [0, 0.1) is 0 Å². The lowest BCUT2D eigenvalue weighted by Crippen LogP contribution is -2.31. The maximum atomic E-state index is 13.1. The van der Waals surface area contributed by atoms with Crippen LogP contribution >= 0.6 is 7.60 Å². The average Bonchev–Trinajstić information content (AvgIpc) is 2.69. The fraction of sp³-hybridized carbons (Fsp3) is 0.640. The number of allylic oxidation sites excluding steroid dienone is 1. The maximum absolute atomic E-state index is 13.1. The molecule has 1 aromatic carbocycles. The zero-order valence-electron chi connectivity index (χ0n) is 20.8. The molecule has 0 fully saturated rings. The molecule has 0 spiro atoms. The first-order valence-electron chi connectivity index (χ1n) is 10.8. The van der Waals surface area contributed by atoms with Crippen LogP contribution in [0.25, 0.3) is 6.08 Å². The summed E-state index contributed by atoms with van der Waals surface area (Å²) in [4.78, 5) is 13.1. The topological polar surface area (TPSA) is 61.8 Å². The second-order valence-corrected chi connectivity index (χ2v) is 13.4. The Labute approximate surface area is 188 Å². The number of carbonyl (C=O) groups is 1. The van der Waals surface area contributed by atoms with Crippen LogP contribution in [0.2, 0.25) is 0 Å². The van der Waals surface area contributed by atoms with Gasteiger partial charge < -0.3 is 13.8 Å². The Balaban J connectivity index is 2.67. The molecule has 0 saturated heterocycles. The Morgan fingerprint density at radius 2 is 1.68 bits per heavy atom. The zero-order chi connectivity index (χ0) is 23.8. The van der Waals surface area contributed by atoms with Crippen molar-refractivity contribution in [3.05, 3.63) is 34.4 Å². The van der Waals surface area contributed by atoms with Crippen molar-refractivity contribution in [3.8, 4) is 5.75 Å². The maximum Gasteiger partial charge on any atom is 0.343 e. The summed E-state index contributed by atoms with van der Waals surface area (Å²) in [6.07, 6.45) is 6.48. The van der Waals surface area contributed by atoms with Crippen molar-refractivity contribution in [1.82, 2.24) is 0 Å². The van der Waals surface area contributed by atoms with Gasteiger partial charge in [-0.3, -0.25) is 9.36 Å². The van der Waals surface area contributed by atoms with Crippen molar-refractivity contribution < 1.29 is 23.1 Å². The predicted octanol–water partition coefficient (Wildman–Crippen LogP) is 6.45. The Morgan fingerprint density at radius 1 is 1.10 bits per heavy atom. The van der Waals surface area contributed by atoms with Gasteiger partial charge >= 0.3 is 7.60 Å². The smallest absolute Gasteiger partial charge is 0.343 e. The first-order valence-corrected chi connectivity index (χ1v) is 12.4. The SMILES string of the molecule is COc1c(C(C)(C)C)cc(/C=C/C(=O)C(C)(C)P(=O)(OC)OC)c2c1C(C)(C)CCC2. The second kappa shape index (κ2) is 8.84. The second-order valence-electron chi connectivity index (χ2n) is 10.5. The van der Waals surface area contributed by atoms with Crippen LogP contribution in [0.3, 0.4) is 0 Å². The van der Waals surface area contributed by atoms with Gasteiger partial charge in [-0.1, -0.05) is 40.7 Å². The number of methoxy groups -OCH3 is 1. The molecule has 5 nitrogen and oxygen atoms in total. The molecule has 6 heteroatoms. The normalized spacial score (nSPS) is 17.0. The fourth-order valence-electron chi connectivity index (χ4n) is 4.49. The minimum atomic E-state index is -3.57. The summed E-state index contributed by atoms with van der Waals surface area (Å²) in [6, 6.07) is 2.14. The number of ketones is 1. The van der Waals surface area contributed by atoms with Gasteiger partial charge in [0, 0.05) is 25.3 Å². The number of hydrogen-bond acceptors (Lipinski definition) is 5. The third-order valence-corrected chi connectivity index (χ3v) is 9.07. The van der Waals surface area contributed by atoms with Gasteiger partial charge in [-0.2, -0.15) is 0 Å². The minimum Gasteiger partial charge on any atom is -0.496 e. The van der Waals surface area contributed by atoms with Crippen molar-refractivity contribution in [2.45, 2.75) is 83.7 Å². The van der Waals surface area contributed by atoms with Gasteiger partial charge in [0.1, 0.15) is 10.9 Å². The first kappa shape index (κ1) is 25.8. The average molecular weight is 451 g/mol. The van der Waals surface area contributed by atoms with E-state index in [2.05, 4.69) is 40.7 Å². The summed E-state index contributed by atoms with van der Waals surface area (Å²) in [7, 11) is 0.778. The molecule has 31 heavy (non-hydrogen) atoms. The molecule has 0 heterocycles. The van der Waals surface area contributed by atoms with Crippen molar-refractivity contribution in [1.29, 1.82) is 0 Å². The third kappa shape index (κ3) is 4.69. The molecule has 2 rings (SSSR count). The van der Waals surface area contributed by atoms with E-state index in [4.69, 9.17) is 13.8 Å². The summed E-state index contributed by atoms with van der Waals surface area (Å²) >= 11 is 0. The summed E-state index contributed by atoms with van der Waals surface area (Å²) in [5.41, 5.74) is 4.45. The quantitative estimate of drug-likeness (QED) is 0.353. The van der Waals surface area contributed by atoms with Gasteiger partial charge in [-0.05, 0) is 67.2 Å². The van der Waals surface area contributed by atoms with Crippen LogP contribution in [0.1, 0.15) is 83.6 Å². The van der Waals surface area contributed by atoms with E-state index in [0.717, 1.165) is 36.1 Å². The molecule has 0 N–H and O–H groups in total. The molecular formula is C25H39O5P. The molecule has 0 atom stereocenters. The number of carbonyl (C=O) groups excluding carboxylic acids is 1. The molecule has 0 radical (unpaired) electrons. The molecule has 1 aliphatic carbocycles. The van der Waals surface area contributed by atoms with Crippen LogP contribution < -0.4 is 4.74 Å². The number of rotatable bonds is 7. The van der Waals surface area contributed by atoms with Crippen LogP contribution in [-0.2, 0) is 35.7 Å². The first-order chi connectivity index (χ1) is 14.2. The zero-order valence-corrected chi connectivity index (χ0v) is 21.7. The lowest BCUT2D eigenvalue weighted by atomic mass is 9.68. The van der Waals surface area contributed by atoms with Crippen LogP contribution in [0.5, 0.6) is 5.75 Å². The standard InChI is InChI=1S/C25H39O5P/c1-23(2,3)19-16-17(13-14-20(26)25(6,7)31(27,29-9)30-10)18-12-11-15-24(4,5)21(18)22(19)28-8/h13-14,16H,11-12,15H2,1-10H3/b14-13+. The van der Waals surface area contributed by atoms with E-state index in [9.17, 15) is 9.36 Å². The molecule has 0 bridgehead atoms. The number of hydrogen-bond donors (Lipinski definition) is 0. The highest BCUT2D eigenvalue weighted by atomic mass is 31.2. The van der Waals surface area contributed by atoms with Crippen molar-refractivity contribution in [2.24, 2.45) is 0 Å². The summed E-state index contributed by atoms with van der Waals surface area (Å²) in [5.74, 6) is 0.663. The largest absolute Gasteiger partial charge is 0.496 e. The predicted molar refractivity (Wildman–Crippen MR) is 127 cm³/mol. The minimum absolute atomic E-state index is 0.0200. The molecular weight excluding hydrogens is 411 g/mol. The van der Waals surface area contributed by atoms with Gasteiger partial charge in [-0.15, -0.1) is 0 Å². The molecule has 0 unspecified atom stereocenters. The van der Waals surface area contributed by atoms with Gasteiger partial charge in [0.25, 0.3) is 0 Å². The van der Waals surface area contributed by atoms with Crippen molar-refractivity contribution in [2.75, 3.05) is 21.3 Å². The van der Waals surface area contributed by atoms with Crippen LogP contribution in [0.15, 0.2) is 12.1 Å². The molecule has 1 aromatic rings. The van der Waals surface area contributed by atoms with Crippen LogP contribution in [0.4, 0.5) is 0 Å². The third-order valence-electron chi connectivity index (χ3n) is 6.52. The Hall–Kier alpha value is -1.42. The summed E-state index contributed by atoms with van der Waals surface area (Å²) < 4.78 is 29.0. The van der Waals surface area contributed by atoms with Gasteiger partial charge in [-0.25, -0.2) is 0 Å². The van der Waals surface area contributed by atoms with E-state index in [0.29, 0.717) is 0 Å². The molecule has 174 valence electrons. The van der Waals surface area contributed by atoms with E-state index in [1.165, 1.54) is 31.4 Å².